The average molecular weight is 758 g/mol. The number of methoxy groups -OCH3 is 1. The zero-order valence-corrected chi connectivity index (χ0v) is 33.5. The summed E-state index contributed by atoms with van der Waals surface area (Å²) >= 11 is 0. The van der Waals surface area contributed by atoms with Crippen molar-refractivity contribution in [1.82, 2.24) is 4.90 Å². The molecule has 4 aliphatic rings. The van der Waals surface area contributed by atoms with Gasteiger partial charge in [-0.05, 0) is 101 Å². The van der Waals surface area contributed by atoms with Crippen molar-refractivity contribution in [3.63, 3.8) is 0 Å². The maximum Gasteiger partial charge on any atom is 0.329 e. The molecule has 3 aliphatic heterocycles. The SMILES string of the molecule is CO[C@H]1C[C@@H]2CC[C@@H](C)[C@@](O)(O2)C(=O)C(=O)N2CCCC[C@H]2C(=O)OC([C@H](C)CC2CCC(O)CC2)C[C@@H](O)CC(=O)[C@H](C)C[C@H](C)/C=C/C=C/C=C1C. The highest BCUT2D eigenvalue weighted by Crippen LogP contribution is 2.37. The third kappa shape index (κ3) is 11.9. The van der Waals surface area contributed by atoms with Gasteiger partial charge in [0, 0.05) is 44.8 Å². The van der Waals surface area contributed by atoms with E-state index in [4.69, 9.17) is 14.2 Å². The number of aliphatic hydroxyl groups excluding tert-OH is 2. The number of ketones is 2. The number of esters is 1. The number of fused-ring (bicyclic) bond motifs is 3. The molecular weight excluding hydrogens is 690 g/mol. The summed E-state index contributed by atoms with van der Waals surface area (Å²) in [5.74, 6) is -5.83. The van der Waals surface area contributed by atoms with Gasteiger partial charge in [0.15, 0.2) is 0 Å². The van der Waals surface area contributed by atoms with Gasteiger partial charge >= 0.3 is 5.97 Å². The topological polar surface area (TPSA) is 160 Å². The smallest absolute Gasteiger partial charge is 0.329 e. The van der Waals surface area contributed by atoms with E-state index in [9.17, 15) is 34.5 Å². The van der Waals surface area contributed by atoms with Crippen LogP contribution in [0.25, 0.3) is 0 Å². The number of amides is 1. The molecule has 10 atom stereocenters. The van der Waals surface area contributed by atoms with E-state index in [2.05, 4.69) is 6.92 Å². The second-order valence-electron chi connectivity index (χ2n) is 16.9. The van der Waals surface area contributed by atoms with Gasteiger partial charge in [0.05, 0.1) is 24.4 Å². The molecule has 1 saturated carbocycles. The quantitative estimate of drug-likeness (QED) is 0.237. The van der Waals surface area contributed by atoms with Gasteiger partial charge in [-0.1, -0.05) is 58.1 Å². The first-order valence-corrected chi connectivity index (χ1v) is 20.5. The van der Waals surface area contributed by atoms with Crippen molar-refractivity contribution < 1.29 is 48.7 Å². The number of aliphatic hydroxyl groups is 3. The Morgan fingerprint density at radius 1 is 0.907 bits per heavy atom. The summed E-state index contributed by atoms with van der Waals surface area (Å²) in [6, 6.07) is -1.05. The van der Waals surface area contributed by atoms with E-state index < -0.39 is 53.7 Å². The molecule has 11 nitrogen and oxygen atoms in total. The summed E-state index contributed by atoms with van der Waals surface area (Å²) in [5.41, 5.74) is 0.923. The average Bonchev–Trinajstić information content (AvgIpc) is 3.14. The first-order valence-electron chi connectivity index (χ1n) is 20.5. The van der Waals surface area contributed by atoms with Crippen molar-refractivity contribution in [3.05, 3.63) is 36.0 Å². The Hall–Kier alpha value is -2.70. The van der Waals surface area contributed by atoms with Crippen molar-refractivity contribution in [2.45, 2.75) is 167 Å². The Morgan fingerprint density at radius 2 is 1.63 bits per heavy atom. The largest absolute Gasteiger partial charge is 0.460 e. The predicted octanol–water partition coefficient (Wildman–Crippen LogP) is 5.78. The fraction of sp³-hybridized carbons (Fsp3) is 0.767. The Bertz CT molecular complexity index is 1370. The van der Waals surface area contributed by atoms with E-state index in [-0.39, 0.29) is 61.6 Å². The van der Waals surface area contributed by atoms with Crippen LogP contribution in [-0.2, 0) is 33.4 Å². The number of rotatable bonds is 4. The normalized spacial score (nSPS) is 39.3. The van der Waals surface area contributed by atoms with Gasteiger partial charge in [-0.2, -0.15) is 0 Å². The van der Waals surface area contributed by atoms with Crippen molar-refractivity contribution >= 4 is 23.4 Å². The third-order valence-corrected chi connectivity index (χ3v) is 12.4. The minimum Gasteiger partial charge on any atom is -0.460 e. The van der Waals surface area contributed by atoms with Gasteiger partial charge in [-0.3, -0.25) is 14.4 Å². The van der Waals surface area contributed by atoms with E-state index in [0.29, 0.717) is 63.7 Å². The molecule has 0 aromatic carbocycles. The molecule has 1 amide bonds. The highest BCUT2D eigenvalue weighted by Gasteiger charge is 2.53. The lowest BCUT2D eigenvalue weighted by molar-refractivity contribution is -0.265. The number of carbonyl (C=O) groups is 4. The number of ether oxygens (including phenoxy) is 3. The Labute approximate surface area is 322 Å². The van der Waals surface area contributed by atoms with Crippen molar-refractivity contribution in [1.29, 1.82) is 0 Å². The Morgan fingerprint density at radius 3 is 2.33 bits per heavy atom. The lowest BCUT2D eigenvalue weighted by atomic mass is 9.79. The molecule has 0 aromatic rings. The highest BCUT2D eigenvalue weighted by atomic mass is 16.6. The molecule has 304 valence electrons. The summed E-state index contributed by atoms with van der Waals surface area (Å²) in [7, 11) is 1.60. The van der Waals surface area contributed by atoms with Crippen LogP contribution < -0.4 is 0 Å². The van der Waals surface area contributed by atoms with Crippen LogP contribution in [0.15, 0.2) is 36.0 Å². The fourth-order valence-electron chi connectivity index (χ4n) is 8.78. The van der Waals surface area contributed by atoms with Gasteiger partial charge in [-0.25, -0.2) is 4.79 Å². The van der Waals surface area contributed by atoms with E-state index in [1.807, 2.05) is 51.2 Å². The first-order chi connectivity index (χ1) is 25.6. The molecule has 1 aliphatic carbocycles. The van der Waals surface area contributed by atoms with Crippen LogP contribution in [0.2, 0.25) is 0 Å². The van der Waals surface area contributed by atoms with Crippen LogP contribution in [0.1, 0.15) is 125 Å². The van der Waals surface area contributed by atoms with Crippen molar-refractivity contribution in [2.24, 2.45) is 29.6 Å². The summed E-state index contributed by atoms with van der Waals surface area (Å²) < 4.78 is 18.1. The second-order valence-corrected chi connectivity index (χ2v) is 16.9. The molecule has 2 saturated heterocycles. The van der Waals surface area contributed by atoms with Crippen LogP contribution >= 0.6 is 0 Å². The molecule has 11 heteroatoms. The number of allylic oxidation sites excluding steroid dienone is 5. The molecule has 0 aromatic heterocycles. The molecule has 0 radical (unpaired) electrons. The minimum atomic E-state index is -2.37. The fourth-order valence-corrected chi connectivity index (χ4v) is 8.78. The molecule has 2 bridgehead atoms. The van der Waals surface area contributed by atoms with E-state index in [1.54, 1.807) is 14.0 Å². The first kappa shape index (κ1) is 44.0. The van der Waals surface area contributed by atoms with Crippen LogP contribution in [-0.4, -0.2) is 99.7 Å². The molecule has 4 rings (SSSR count). The van der Waals surface area contributed by atoms with Gasteiger partial charge in [0.2, 0.25) is 5.79 Å². The Balaban J connectivity index is 1.63. The standard InChI is InChI=1S/C43H67NO10/c1-27-12-8-7-9-13-28(2)38(52-6)26-35-20-15-31(5)43(51,54-35)40(48)41(49)44-21-11-10-14-36(44)42(50)53-39(25-34(46)24-37(47)29(3)22-27)30(4)23-32-16-18-33(45)19-17-32/h7-9,12-13,27,29-36,38-39,45-46,51H,10-11,14-26H2,1-6H3/b9-7+,12-8+,28-13?/t27-,29-,30-,31-,32?,33?,34+,35+,36+,38+,39?,43-/m1/s1. The lowest BCUT2D eigenvalue weighted by Crippen LogP contribution is -2.61. The van der Waals surface area contributed by atoms with Gasteiger partial charge < -0.3 is 34.4 Å². The van der Waals surface area contributed by atoms with E-state index >= 15 is 0 Å². The van der Waals surface area contributed by atoms with Gasteiger partial charge in [0.1, 0.15) is 17.9 Å². The second kappa shape index (κ2) is 20.5. The minimum absolute atomic E-state index is 0.0580. The van der Waals surface area contributed by atoms with Crippen LogP contribution in [0.5, 0.6) is 0 Å². The molecule has 3 fully saturated rings. The molecule has 0 spiro atoms. The third-order valence-electron chi connectivity index (χ3n) is 12.4. The lowest BCUT2D eigenvalue weighted by Gasteiger charge is -2.42. The van der Waals surface area contributed by atoms with E-state index in [1.165, 1.54) is 4.90 Å². The number of piperidine rings is 1. The highest BCUT2D eigenvalue weighted by molar-refractivity contribution is 6.39. The summed E-state index contributed by atoms with van der Waals surface area (Å²) in [6.07, 6.45) is 14.1. The number of nitrogens with zero attached hydrogens (tertiary/aromatic N) is 1. The summed E-state index contributed by atoms with van der Waals surface area (Å²) in [4.78, 5) is 56.6. The number of cyclic esters (lactones) is 1. The Kier molecular flexibility index (Phi) is 16.7. The van der Waals surface area contributed by atoms with Crippen LogP contribution in [0.3, 0.4) is 0 Å². The number of carbonyl (C=O) groups excluding carboxylic acids is 4. The molecule has 1 unspecified atom stereocenters. The number of hydrogen-bond donors (Lipinski definition) is 3. The zero-order valence-electron chi connectivity index (χ0n) is 33.5. The zero-order chi connectivity index (χ0) is 39.6. The molecule has 54 heavy (non-hydrogen) atoms. The van der Waals surface area contributed by atoms with Crippen molar-refractivity contribution in [3.8, 4) is 0 Å². The predicted molar refractivity (Wildman–Crippen MR) is 205 cm³/mol. The van der Waals surface area contributed by atoms with Crippen molar-refractivity contribution in [2.75, 3.05) is 13.7 Å². The number of hydrogen-bond acceptors (Lipinski definition) is 10. The van der Waals surface area contributed by atoms with Gasteiger partial charge in [0.25, 0.3) is 11.7 Å². The maximum absolute atomic E-state index is 14.1. The van der Waals surface area contributed by atoms with E-state index in [0.717, 1.165) is 18.4 Å². The molecule has 3 N–H and O–H groups in total. The maximum atomic E-state index is 14.1. The molecular formula is C43H67NO10. The van der Waals surface area contributed by atoms with Gasteiger partial charge in [-0.15, -0.1) is 0 Å². The summed E-state index contributed by atoms with van der Waals surface area (Å²) in [6.45, 7) is 9.68. The van der Waals surface area contributed by atoms with Crippen LogP contribution in [0, 0.1) is 29.6 Å². The summed E-state index contributed by atoms with van der Waals surface area (Å²) in [5, 5.41) is 33.1. The monoisotopic (exact) mass is 757 g/mol. The van der Waals surface area contributed by atoms with Crippen LogP contribution in [0.4, 0.5) is 0 Å². The number of Topliss-reactive ketones (excluding diaryl/α,β-unsaturated/α-hetero) is 2. The molecule has 3 heterocycles.